The average Bonchev–Trinajstić information content (AvgIpc) is 2.48. The summed E-state index contributed by atoms with van der Waals surface area (Å²) in [4.78, 5) is 25.3. The molecule has 0 bridgehead atoms. The van der Waals surface area contributed by atoms with Crippen LogP contribution in [0.5, 0.6) is 5.75 Å². The van der Waals surface area contributed by atoms with Gasteiger partial charge in [-0.3, -0.25) is 4.79 Å². The number of ketones is 1. The molecule has 1 aromatic rings. The second-order valence-corrected chi connectivity index (χ2v) is 6.12. The number of Topliss-reactive ketones (excluding diaryl/α,β-unsaturated/α-hetero) is 1. The van der Waals surface area contributed by atoms with E-state index >= 15 is 0 Å². The molecule has 1 spiro atoms. The molecule has 116 valence electrons. The minimum atomic E-state index is -0.999. The van der Waals surface area contributed by atoms with Gasteiger partial charge in [0.15, 0.2) is 5.78 Å². The van der Waals surface area contributed by atoms with Crippen molar-refractivity contribution in [3.05, 3.63) is 35.4 Å². The van der Waals surface area contributed by atoms with Crippen LogP contribution in [0, 0.1) is 0 Å². The Morgan fingerprint density at radius 2 is 2.09 bits per heavy atom. The van der Waals surface area contributed by atoms with Gasteiger partial charge in [0.25, 0.3) is 0 Å². The first-order valence-electron chi connectivity index (χ1n) is 7.43. The smallest absolute Gasteiger partial charge is 0.328 e. The third kappa shape index (κ3) is 2.90. The van der Waals surface area contributed by atoms with E-state index in [-0.39, 0.29) is 5.78 Å². The van der Waals surface area contributed by atoms with Crippen LogP contribution in [0.3, 0.4) is 0 Å². The van der Waals surface area contributed by atoms with E-state index in [4.69, 9.17) is 9.84 Å². The number of ether oxygens (including phenoxy) is 1. The monoisotopic (exact) mass is 301 g/mol. The Morgan fingerprint density at radius 3 is 2.77 bits per heavy atom. The molecule has 0 amide bonds. The van der Waals surface area contributed by atoms with Crippen molar-refractivity contribution in [2.24, 2.45) is 0 Å². The largest absolute Gasteiger partial charge is 0.486 e. The highest BCUT2D eigenvalue weighted by molar-refractivity contribution is 6.00. The Labute approximate surface area is 129 Å². The SMILES string of the molecule is CN1CCC2(CC1)CC(=O)c1ccc(/C=C/C(=O)O)cc1O2. The summed E-state index contributed by atoms with van der Waals surface area (Å²) < 4.78 is 6.20. The second kappa shape index (κ2) is 5.57. The quantitative estimate of drug-likeness (QED) is 0.848. The Morgan fingerprint density at radius 1 is 1.36 bits per heavy atom. The minimum absolute atomic E-state index is 0.111. The van der Waals surface area contributed by atoms with Crippen molar-refractivity contribution >= 4 is 17.8 Å². The molecule has 3 rings (SSSR count). The zero-order valence-corrected chi connectivity index (χ0v) is 12.5. The van der Waals surface area contributed by atoms with E-state index in [1.807, 2.05) is 0 Å². The van der Waals surface area contributed by atoms with Crippen molar-refractivity contribution in [1.82, 2.24) is 4.90 Å². The van der Waals surface area contributed by atoms with Gasteiger partial charge in [-0.15, -0.1) is 0 Å². The standard InChI is InChI=1S/C17H19NO4/c1-18-8-6-17(7-9-18)11-14(19)13-4-2-12(3-5-16(20)21)10-15(13)22-17/h2-5,10H,6-9,11H2,1H3,(H,20,21)/b5-3+. The number of carbonyl (C=O) groups excluding carboxylic acids is 1. The predicted molar refractivity (Wildman–Crippen MR) is 82.1 cm³/mol. The molecule has 0 radical (unpaired) electrons. The molecule has 5 heteroatoms. The van der Waals surface area contributed by atoms with Crippen LogP contribution in [-0.4, -0.2) is 47.5 Å². The lowest BCUT2D eigenvalue weighted by Gasteiger charge is -2.43. The van der Waals surface area contributed by atoms with E-state index in [2.05, 4.69) is 11.9 Å². The fourth-order valence-corrected chi connectivity index (χ4v) is 3.09. The first-order valence-corrected chi connectivity index (χ1v) is 7.43. The lowest BCUT2D eigenvalue weighted by Crippen LogP contribution is -2.50. The third-order valence-electron chi connectivity index (χ3n) is 4.43. The molecule has 2 aliphatic heterocycles. The number of aliphatic carboxylic acids is 1. The number of piperidine rings is 1. The maximum Gasteiger partial charge on any atom is 0.328 e. The van der Waals surface area contributed by atoms with Gasteiger partial charge in [0, 0.05) is 32.0 Å². The zero-order valence-electron chi connectivity index (χ0n) is 12.5. The van der Waals surface area contributed by atoms with Gasteiger partial charge < -0.3 is 14.7 Å². The Balaban J connectivity index is 1.88. The van der Waals surface area contributed by atoms with E-state index in [1.54, 1.807) is 18.2 Å². The molecule has 2 aliphatic rings. The molecule has 2 heterocycles. The van der Waals surface area contributed by atoms with Crippen LogP contribution < -0.4 is 4.74 Å². The fraction of sp³-hybridized carbons (Fsp3) is 0.412. The molecular weight excluding hydrogens is 282 g/mol. The number of benzene rings is 1. The normalized spacial score (nSPS) is 20.9. The summed E-state index contributed by atoms with van der Waals surface area (Å²) >= 11 is 0. The average molecular weight is 301 g/mol. The highest BCUT2D eigenvalue weighted by Crippen LogP contribution is 2.39. The maximum atomic E-state index is 12.4. The van der Waals surface area contributed by atoms with Gasteiger partial charge in [0.1, 0.15) is 11.4 Å². The molecule has 5 nitrogen and oxygen atoms in total. The highest BCUT2D eigenvalue weighted by atomic mass is 16.5. The topological polar surface area (TPSA) is 66.8 Å². The molecule has 0 unspecified atom stereocenters. The van der Waals surface area contributed by atoms with E-state index in [0.29, 0.717) is 17.7 Å². The van der Waals surface area contributed by atoms with E-state index in [1.165, 1.54) is 6.08 Å². The molecule has 0 atom stereocenters. The lowest BCUT2D eigenvalue weighted by atomic mass is 9.82. The molecule has 0 aliphatic carbocycles. The number of carboxylic acid groups (broad SMARTS) is 1. The van der Waals surface area contributed by atoms with Crippen LogP contribution in [0.15, 0.2) is 24.3 Å². The van der Waals surface area contributed by atoms with Crippen molar-refractivity contribution in [1.29, 1.82) is 0 Å². The Kier molecular flexibility index (Phi) is 3.74. The summed E-state index contributed by atoms with van der Waals surface area (Å²) in [7, 11) is 2.07. The van der Waals surface area contributed by atoms with E-state index in [9.17, 15) is 9.59 Å². The summed E-state index contributed by atoms with van der Waals surface area (Å²) in [5.41, 5.74) is 0.919. The number of hydrogen-bond donors (Lipinski definition) is 1. The number of likely N-dealkylation sites (tertiary alicyclic amines) is 1. The van der Waals surface area contributed by atoms with Crippen LogP contribution in [0.2, 0.25) is 0 Å². The van der Waals surface area contributed by atoms with Gasteiger partial charge in [0.2, 0.25) is 0 Å². The summed E-state index contributed by atoms with van der Waals surface area (Å²) in [6.07, 6.45) is 4.69. The summed E-state index contributed by atoms with van der Waals surface area (Å²) in [6.45, 7) is 1.84. The first-order chi connectivity index (χ1) is 10.5. The fourth-order valence-electron chi connectivity index (χ4n) is 3.09. The lowest BCUT2D eigenvalue weighted by molar-refractivity contribution is -0.131. The molecule has 0 aromatic heterocycles. The molecule has 1 fully saturated rings. The number of carboxylic acids is 1. The summed E-state index contributed by atoms with van der Waals surface area (Å²) in [5, 5.41) is 8.70. The summed E-state index contributed by atoms with van der Waals surface area (Å²) in [6, 6.07) is 5.22. The van der Waals surface area contributed by atoms with Gasteiger partial charge in [-0.25, -0.2) is 4.79 Å². The maximum absolute atomic E-state index is 12.4. The van der Waals surface area contributed by atoms with Crippen molar-refractivity contribution in [2.75, 3.05) is 20.1 Å². The van der Waals surface area contributed by atoms with Crippen LogP contribution in [-0.2, 0) is 4.79 Å². The number of nitrogens with zero attached hydrogens (tertiary/aromatic N) is 1. The van der Waals surface area contributed by atoms with Crippen LogP contribution in [0.25, 0.3) is 6.08 Å². The van der Waals surface area contributed by atoms with Gasteiger partial charge >= 0.3 is 5.97 Å². The molecule has 0 saturated carbocycles. The summed E-state index contributed by atoms with van der Waals surface area (Å²) in [5.74, 6) is -0.311. The second-order valence-electron chi connectivity index (χ2n) is 6.12. The van der Waals surface area contributed by atoms with Gasteiger partial charge in [-0.05, 0) is 30.8 Å². The van der Waals surface area contributed by atoms with Crippen molar-refractivity contribution < 1.29 is 19.4 Å². The highest BCUT2D eigenvalue weighted by Gasteiger charge is 2.42. The molecule has 1 aromatic carbocycles. The molecule has 22 heavy (non-hydrogen) atoms. The minimum Gasteiger partial charge on any atom is -0.486 e. The van der Waals surface area contributed by atoms with E-state index in [0.717, 1.165) is 37.6 Å². The van der Waals surface area contributed by atoms with Crippen molar-refractivity contribution in [3.8, 4) is 5.75 Å². The first kappa shape index (κ1) is 14.8. The Hall–Kier alpha value is -2.14. The van der Waals surface area contributed by atoms with Gasteiger partial charge in [-0.1, -0.05) is 6.07 Å². The number of fused-ring (bicyclic) bond motifs is 1. The zero-order chi connectivity index (χ0) is 15.7. The Bertz CT molecular complexity index is 642. The molecular formula is C17H19NO4. The van der Waals surface area contributed by atoms with Crippen LogP contribution >= 0.6 is 0 Å². The molecule has 1 N–H and O–H groups in total. The van der Waals surface area contributed by atoms with Crippen LogP contribution in [0.1, 0.15) is 35.2 Å². The van der Waals surface area contributed by atoms with Gasteiger partial charge in [-0.2, -0.15) is 0 Å². The number of carbonyl (C=O) groups is 2. The van der Waals surface area contributed by atoms with Crippen molar-refractivity contribution in [2.45, 2.75) is 24.9 Å². The van der Waals surface area contributed by atoms with Crippen LogP contribution in [0.4, 0.5) is 0 Å². The third-order valence-corrected chi connectivity index (χ3v) is 4.43. The molecule has 1 saturated heterocycles. The number of rotatable bonds is 2. The predicted octanol–water partition coefficient (Wildman–Crippen LogP) is 2.21. The van der Waals surface area contributed by atoms with E-state index < -0.39 is 11.6 Å². The van der Waals surface area contributed by atoms with Gasteiger partial charge in [0.05, 0.1) is 12.0 Å². The van der Waals surface area contributed by atoms with Crippen molar-refractivity contribution in [3.63, 3.8) is 0 Å². The number of hydrogen-bond acceptors (Lipinski definition) is 4.